The van der Waals surface area contributed by atoms with Crippen molar-refractivity contribution in [2.45, 2.75) is 6.30 Å². The molecule has 0 bridgehead atoms. The molecule has 3 rings (SSSR count). The highest BCUT2D eigenvalue weighted by atomic mass is 19.4. The Morgan fingerprint density at radius 3 is 2.11 bits per heavy atom. The molecule has 0 spiro atoms. The molecule has 0 atom stereocenters. The van der Waals surface area contributed by atoms with E-state index in [9.17, 15) is 18.0 Å². The first-order chi connectivity index (χ1) is 13.3. The molecule has 0 aliphatic rings. The van der Waals surface area contributed by atoms with Crippen LogP contribution in [-0.2, 0) is 4.84 Å². The minimum atomic E-state index is -4.91. The van der Waals surface area contributed by atoms with Crippen molar-refractivity contribution in [1.29, 1.82) is 0 Å². The summed E-state index contributed by atoms with van der Waals surface area (Å²) in [6.45, 7) is 0. The Hall–Kier alpha value is -3.26. The van der Waals surface area contributed by atoms with E-state index in [-0.39, 0.29) is 10.6 Å². The van der Waals surface area contributed by atoms with Crippen LogP contribution < -0.4 is 9.64 Å². The minimum Gasteiger partial charge on any atom is -0.457 e. The number of ether oxygens (including phenoxy) is 1. The number of hydrogen-bond acceptors (Lipinski definition) is 3. The van der Waals surface area contributed by atoms with Crippen LogP contribution in [0.2, 0.25) is 0 Å². The van der Waals surface area contributed by atoms with E-state index in [1.54, 1.807) is 6.07 Å². The molecular weight excluding hydrogens is 373 g/mol. The van der Waals surface area contributed by atoms with Crippen molar-refractivity contribution in [2.24, 2.45) is 0 Å². The third-order valence-corrected chi connectivity index (χ3v) is 4.04. The molecule has 0 aromatic heterocycles. The molecule has 0 heterocycles. The molecule has 0 unspecified atom stereocenters. The SMILES string of the molecule is CON(C)C(=O)N(c1ccc(Oc2ccc3ccccc3c2)cc1)C(F)(F)F. The lowest BCUT2D eigenvalue weighted by Crippen LogP contribution is -2.48. The summed E-state index contributed by atoms with van der Waals surface area (Å²) >= 11 is 0. The van der Waals surface area contributed by atoms with Crippen LogP contribution in [0.15, 0.2) is 66.7 Å². The maximum Gasteiger partial charge on any atom is 0.493 e. The monoisotopic (exact) mass is 390 g/mol. The largest absolute Gasteiger partial charge is 0.493 e. The van der Waals surface area contributed by atoms with Gasteiger partial charge in [0, 0.05) is 7.05 Å². The number of benzene rings is 3. The van der Waals surface area contributed by atoms with E-state index in [2.05, 4.69) is 4.84 Å². The van der Waals surface area contributed by atoms with Crippen molar-refractivity contribution in [1.82, 2.24) is 5.06 Å². The van der Waals surface area contributed by atoms with Gasteiger partial charge in [-0.25, -0.2) is 14.8 Å². The van der Waals surface area contributed by atoms with E-state index in [1.807, 2.05) is 36.4 Å². The van der Waals surface area contributed by atoms with Gasteiger partial charge in [0.1, 0.15) is 11.5 Å². The second-order valence-corrected chi connectivity index (χ2v) is 5.87. The fourth-order valence-electron chi connectivity index (χ4n) is 2.61. The van der Waals surface area contributed by atoms with Gasteiger partial charge in [0.25, 0.3) is 0 Å². The number of amides is 2. The lowest BCUT2D eigenvalue weighted by atomic mass is 10.1. The average molecular weight is 390 g/mol. The lowest BCUT2D eigenvalue weighted by Gasteiger charge is -2.28. The Balaban J connectivity index is 1.83. The zero-order chi connectivity index (χ0) is 20.3. The van der Waals surface area contributed by atoms with Gasteiger partial charge < -0.3 is 4.74 Å². The summed E-state index contributed by atoms with van der Waals surface area (Å²) in [5.41, 5.74) is -0.354. The number of urea groups is 1. The molecule has 3 aromatic carbocycles. The standard InChI is InChI=1S/C20H17F3N2O3/c1-24(27-2)19(26)25(20(21,22)23)16-8-11-17(12-9-16)28-18-10-7-14-5-3-4-6-15(14)13-18/h3-13H,1-2H3. The van der Waals surface area contributed by atoms with Gasteiger partial charge in [-0.3, -0.25) is 4.84 Å². The summed E-state index contributed by atoms with van der Waals surface area (Å²) in [4.78, 5) is 16.3. The quantitative estimate of drug-likeness (QED) is 0.432. The number of anilines is 1. The van der Waals surface area contributed by atoms with Gasteiger partial charge in [0.05, 0.1) is 12.8 Å². The van der Waals surface area contributed by atoms with Crippen LogP contribution >= 0.6 is 0 Å². The topological polar surface area (TPSA) is 42.0 Å². The van der Waals surface area contributed by atoms with Crippen molar-refractivity contribution in [2.75, 3.05) is 19.1 Å². The fraction of sp³-hybridized carbons (Fsp3) is 0.150. The smallest absolute Gasteiger partial charge is 0.457 e. The normalized spacial score (nSPS) is 11.3. The van der Waals surface area contributed by atoms with Crippen molar-refractivity contribution in [3.63, 3.8) is 0 Å². The molecule has 3 aromatic rings. The summed E-state index contributed by atoms with van der Waals surface area (Å²) in [7, 11) is 2.20. The minimum absolute atomic E-state index is 0.309. The number of carbonyl (C=O) groups excluding carboxylic acids is 1. The molecular formula is C20H17F3N2O3. The highest BCUT2D eigenvalue weighted by molar-refractivity contribution is 5.92. The number of carbonyl (C=O) groups is 1. The number of alkyl halides is 3. The van der Waals surface area contributed by atoms with Crippen molar-refractivity contribution in [3.05, 3.63) is 66.7 Å². The highest BCUT2D eigenvalue weighted by Crippen LogP contribution is 2.32. The molecule has 5 nitrogen and oxygen atoms in total. The zero-order valence-electron chi connectivity index (χ0n) is 15.1. The van der Waals surface area contributed by atoms with E-state index in [0.29, 0.717) is 16.6 Å². The first kappa shape index (κ1) is 19.5. The molecule has 0 saturated carbocycles. The van der Waals surface area contributed by atoms with Gasteiger partial charge in [-0.2, -0.15) is 0 Å². The molecule has 0 radical (unpaired) electrons. The summed E-state index contributed by atoms with van der Waals surface area (Å²) in [6, 6.07) is 16.9. The Kier molecular flexibility index (Phi) is 5.41. The maximum absolute atomic E-state index is 13.3. The number of hydroxylamine groups is 2. The summed E-state index contributed by atoms with van der Waals surface area (Å²) in [6.07, 6.45) is -4.91. The maximum atomic E-state index is 13.3. The first-order valence-electron chi connectivity index (χ1n) is 8.25. The van der Waals surface area contributed by atoms with E-state index in [1.165, 1.54) is 12.1 Å². The van der Waals surface area contributed by atoms with E-state index in [4.69, 9.17) is 4.74 Å². The molecule has 2 amide bonds. The van der Waals surface area contributed by atoms with Gasteiger partial charge in [-0.15, -0.1) is 13.2 Å². The number of rotatable bonds is 4. The summed E-state index contributed by atoms with van der Waals surface area (Å²) in [5, 5.41) is 2.52. The zero-order valence-corrected chi connectivity index (χ0v) is 15.1. The molecule has 0 aliphatic heterocycles. The van der Waals surface area contributed by atoms with Crippen LogP contribution in [0.25, 0.3) is 10.8 Å². The van der Waals surface area contributed by atoms with Gasteiger partial charge >= 0.3 is 12.3 Å². The third-order valence-electron chi connectivity index (χ3n) is 4.04. The summed E-state index contributed by atoms with van der Waals surface area (Å²) in [5.74, 6) is 0.892. The lowest BCUT2D eigenvalue weighted by molar-refractivity contribution is -0.133. The Morgan fingerprint density at radius 1 is 0.893 bits per heavy atom. The van der Waals surface area contributed by atoms with E-state index in [0.717, 1.165) is 37.1 Å². The van der Waals surface area contributed by atoms with Crippen LogP contribution in [0.4, 0.5) is 23.7 Å². The van der Waals surface area contributed by atoms with E-state index >= 15 is 0 Å². The van der Waals surface area contributed by atoms with Gasteiger partial charge in [0.15, 0.2) is 0 Å². The van der Waals surface area contributed by atoms with E-state index < -0.39 is 12.3 Å². The Morgan fingerprint density at radius 2 is 1.50 bits per heavy atom. The van der Waals surface area contributed by atoms with Crippen LogP contribution in [0.1, 0.15) is 0 Å². The molecule has 0 N–H and O–H groups in total. The number of hydrogen-bond donors (Lipinski definition) is 0. The van der Waals surface area contributed by atoms with Crippen LogP contribution in [0.5, 0.6) is 11.5 Å². The average Bonchev–Trinajstić information content (AvgIpc) is 2.67. The van der Waals surface area contributed by atoms with Crippen LogP contribution in [0.3, 0.4) is 0 Å². The predicted molar refractivity (Wildman–Crippen MR) is 99.2 cm³/mol. The van der Waals surface area contributed by atoms with Gasteiger partial charge in [-0.05, 0) is 47.2 Å². The number of halogens is 3. The van der Waals surface area contributed by atoms with Crippen LogP contribution in [-0.4, -0.2) is 31.6 Å². The molecule has 0 aliphatic carbocycles. The number of fused-ring (bicyclic) bond motifs is 1. The first-order valence-corrected chi connectivity index (χ1v) is 8.25. The van der Waals surface area contributed by atoms with Crippen LogP contribution in [0, 0.1) is 0 Å². The molecule has 28 heavy (non-hydrogen) atoms. The molecule has 8 heteroatoms. The predicted octanol–water partition coefficient (Wildman–Crippen LogP) is 5.57. The van der Waals surface area contributed by atoms with Crippen molar-refractivity contribution in [3.8, 4) is 11.5 Å². The highest BCUT2D eigenvalue weighted by Gasteiger charge is 2.44. The molecule has 146 valence electrons. The third kappa shape index (κ3) is 4.17. The Bertz CT molecular complexity index is 974. The second-order valence-electron chi connectivity index (χ2n) is 5.87. The van der Waals surface area contributed by atoms with Gasteiger partial charge in [-0.1, -0.05) is 30.3 Å². The van der Waals surface area contributed by atoms with Crippen molar-refractivity contribution >= 4 is 22.5 Å². The Labute approximate surface area is 159 Å². The van der Waals surface area contributed by atoms with Gasteiger partial charge in [0.2, 0.25) is 0 Å². The molecule has 0 fully saturated rings. The molecule has 0 saturated heterocycles. The second kappa shape index (κ2) is 7.77. The summed E-state index contributed by atoms with van der Waals surface area (Å²) < 4.78 is 45.7. The van der Waals surface area contributed by atoms with Crippen molar-refractivity contribution < 1.29 is 27.5 Å². The number of nitrogens with zero attached hydrogens (tertiary/aromatic N) is 2. The fourth-order valence-corrected chi connectivity index (χ4v) is 2.61.